The van der Waals surface area contributed by atoms with Gasteiger partial charge < -0.3 is 10.2 Å². The molecule has 2 nitrogen and oxygen atoms in total. The summed E-state index contributed by atoms with van der Waals surface area (Å²) in [7, 11) is 0. The Labute approximate surface area is 99.5 Å². The first-order valence-corrected chi connectivity index (χ1v) is 5.64. The Hall–Kier alpha value is -0.280. The van der Waals surface area contributed by atoms with Crippen molar-refractivity contribution in [3.05, 3.63) is 33.8 Å². The highest BCUT2D eigenvalue weighted by atomic mass is 35.5. The van der Waals surface area contributed by atoms with E-state index in [9.17, 15) is 5.11 Å². The smallest absolute Gasteiger partial charge is 0.0790 e. The van der Waals surface area contributed by atoms with Gasteiger partial charge in [-0.25, -0.2) is 0 Å². The van der Waals surface area contributed by atoms with Crippen molar-refractivity contribution in [2.75, 3.05) is 6.61 Å². The third-order valence-corrected chi connectivity index (χ3v) is 2.95. The molecule has 1 unspecified atom stereocenters. The molecule has 0 aliphatic heterocycles. The van der Waals surface area contributed by atoms with E-state index in [1.54, 1.807) is 18.2 Å². The lowest BCUT2D eigenvalue weighted by molar-refractivity contribution is 0.159. The fraction of sp³-hybridized carbons (Fsp3) is 0.455. The van der Waals surface area contributed by atoms with Gasteiger partial charge in [-0.15, -0.1) is 0 Å². The molecule has 0 bridgehead atoms. The van der Waals surface area contributed by atoms with Crippen LogP contribution in [0.3, 0.4) is 0 Å². The SMILES string of the molecule is OCCCCC(O)c1ccc(Cl)c(Cl)c1. The summed E-state index contributed by atoms with van der Waals surface area (Å²) in [5.41, 5.74) is 0.766. The Bertz CT molecular complexity index is 315. The first-order valence-electron chi connectivity index (χ1n) is 4.89. The molecule has 84 valence electrons. The summed E-state index contributed by atoms with van der Waals surface area (Å²) in [5, 5.41) is 19.3. The monoisotopic (exact) mass is 248 g/mol. The van der Waals surface area contributed by atoms with Gasteiger partial charge in [-0.05, 0) is 37.0 Å². The third-order valence-electron chi connectivity index (χ3n) is 2.21. The van der Waals surface area contributed by atoms with Crippen LogP contribution < -0.4 is 0 Å². The van der Waals surface area contributed by atoms with Crippen LogP contribution in [0.5, 0.6) is 0 Å². The summed E-state index contributed by atoms with van der Waals surface area (Å²) >= 11 is 11.6. The van der Waals surface area contributed by atoms with Gasteiger partial charge in [0.1, 0.15) is 0 Å². The lowest BCUT2D eigenvalue weighted by Gasteiger charge is -2.11. The molecule has 0 aliphatic rings. The van der Waals surface area contributed by atoms with E-state index < -0.39 is 6.10 Å². The van der Waals surface area contributed by atoms with Crippen molar-refractivity contribution in [2.45, 2.75) is 25.4 Å². The molecule has 1 atom stereocenters. The van der Waals surface area contributed by atoms with Gasteiger partial charge in [-0.2, -0.15) is 0 Å². The topological polar surface area (TPSA) is 40.5 Å². The van der Waals surface area contributed by atoms with E-state index in [1.165, 1.54) is 0 Å². The molecule has 0 spiro atoms. The van der Waals surface area contributed by atoms with Gasteiger partial charge in [0, 0.05) is 6.61 Å². The van der Waals surface area contributed by atoms with E-state index in [4.69, 9.17) is 28.3 Å². The Morgan fingerprint density at radius 2 is 1.87 bits per heavy atom. The van der Waals surface area contributed by atoms with Gasteiger partial charge in [-0.1, -0.05) is 29.3 Å². The van der Waals surface area contributed by atoms with E-state index in [-0.39, 0.29) is 6.61 Å². The first-order chi connectivity index (χ1) is 7.15. The van der Waals surface area contributed by atoms with Crippen molar-refractivity contribution in [3.8, 4) is 0 Å². The second kappa shape index (κ2) is 6.33. The van der Waals surface area contributed by atoms with Crippen LogP contribution in [0.4, 0.5) is 0 Å². The van der Waals surface area contributed by atoms with E-state index in [2.05, 4.69) is 0 Å². The van der Waals surface area contributed by atoms with Crippen molar-refractivity contribution >= 4 is 23.2 Å². The zero-order valence-corrected chi connectivity index (χ0v) is 9.80. The minimum Gasteiger partial charge on any atom is -0.396 e. The normalized spacial score (nSPS) is 12.8. The summed E-state index contributed by atoms with van der Waals surface area (Å²) in [6.07, 6.45) is 1.58. The van der Waals surface area contributed by atoms with Crippen LogP contribution in [0.1, 0.15) is 30.9 Å². The summed E-state index contributed by atoms with van der Waals surface area (Å²) in [5.74, 6) is 0. The molecule has 4 heteroatoms. The maximum Gasteiger partial charge on any atom is 0.0790 e. The second-order valence-electron chi connectivity index (χ2n) is 3.41. The number of hydrogen-bond acceptors (Lipinski definition) is 2. The molecule has 15 heavy (non-hydrogen) atoms. The summed E-state index contributed by atoms with van der Waals surface area (Å²) < 4.78 is 0. The van der Waals surface area contributed by atoms with Crippen molar-refractivity contribution in [3.63, 3.8) is 0 Å². The van der Waals surface area contributed by atoms with Crippen molar-refractivity contribution in [2.24, 2.45) is 0 Å². The Morgan fingerprint density at radius 1 is 1.13 bits per heavy atom. The number of unbranched alkanes of at least 4 members (excludes halogenated alkanes) is 1. The van der Waals surface area contributed by atoms with Gasteiger partial charge >= 0.3 is 0 Å². The van der Waals surface area contributed by atoms with Crippen LogP contribution >= 0.6 is 23.2 Å². The van der Waals surface area contributed by atoms with Crippen LogP contribution in [-0.2, 0) is 0 Å². The number of rotatable bonds is 5. The molecule has 2 N–H and O–H groups in total. The fourth-order valence-corrected chi connectivity index (χ4v) is 1.64. The minimum absolute atomic E-state index is 0.161. The van der Waals surface area contributed by atoms with E-state index in [0.717, 1.165) is 12.0 Å². The van der Waals surface area contributed by atoms with Gasteiger partial charge in [0.15, 0.2) is 0 Å². The molecule has 0 fully saturated rings. The van der Waals surface area contributed by atoms with Crippen LogP contribution in [0, 0.1) is 0 Å². The molecule has 0 aromatic heterocycles. The Morgan fingerprint density at radius 3 is 2.47 bits per heavy atom. The van der Waals surface area contributed by atoms with Crippen LogP contribution in [0.25, 0.3) is 0 Å². The van der Waals surface area contributed by atoms with Gasteiger partial charge in [0.2, 0.25) is 0 Å². The van der Waals surface area contributed by atoms with Crippen molar-refractivity contribution in [1.29, 1.82) is 0 Å². The van der Waals surface area contributed by atoms with E-state index in [0.29, 0.717) is 22.9 Å². The highest BCUT2D eigenvalue weighted by molar-refractivity contribution is 6.42. The maximum absolute atomic E-state index is 9.78. The minimum atomic E-state index is -0.536. The first kappa shape index (κ1) is 12.8. The summed E-state index contributed by atoms with van der Waals surface area (Å²) in [6, 6.07) is 5.11. The average molecular weight is 249 g/mol. The third kappa shape index (κ3) is 3.99. The molecule has 0 heterocycles. The molecule has 1 aromatic carbocycles. The van der Waals surface area contributed by atoms with Crippen LogP contribution in [-0.4, -0.2) is 16.8 Å². The zero-order chi connectivity index (χ0) is 11.3. The molecule has 1 rings (SSSR count). The van der Waals surface area contributed by atoms with E-state index in [1.807, 2.05) is 0 Å². The lowest BCUT2D eigenvalue weighted by atomic mass is 10.0. The van der Waals surface area contributed by atoms with Crippen LogP contribution in [0.2, 0.25) is 10.0 Å². The molecule has 0 radical (unpaired) electrons. The maximum atomic E-state index is 9.78. The van der Waals surface area contributed by atoms with Crippen LogP contribution in [0.15, 0.2) is 18.2 Å². The number of aliphatic hydroxyl groups is 2. The quantitative estimate of drug-likeness (QED) is 0.787. The van der Waals surface area contributed by atoms with Crippen molar-refractivity contribution in [1.82, 2.24) is 0 Å². The lowest BCUT2D eigenvalue weighted by Crippen LogP contribution is -1.98. The predicted octanol–water partition coefficient (Wildman–Crippen LogP) is 3.19. The van der Waals surface area contributed by atoms with E-state index >= 15 is 0 Å². The number of hydrogen-bond donors (Lipinski definition) is 2. The number of benzene rings is 1. The highest BCUT2D eigenvalue weighted by Gasteiger charge is 2.08. The van der Waals surface area contributed by atoms with Gasteiger partial charge in [0.25, 0.3) is 0 Å². The standard InChI is InChI=1S/C11H14Cl2O2/c12-9-5-4-8(7-10(9)13)11(15)3-1-2-6-14/h4-5,7,11,14-15H,1-3,6H2. The fourth-order valence-electron chi connectivity index (χ4n) is 1.34. The molecular weight excluding hydrogens is 235 g/mol. The summed E-state index contributed by atoms with van der Waals surface area (Å²) in [4.78, 5) is 0. The molecule has 0 aliphatic carbocycles. The Balaban J connectivity index is 2.57. The van der Waals surface area contributed by atoms with Gasteiger partial charge in [0.05, 0.1) is 16.1 Å². The summed E-state index contributed by atoms with van der Waals surface area (Å²) in [6.45, 7) is 0.161. The van der Waals surface area contributed by atoms with Gasteiger partial charge in [-0.3, -0.25) is 0 Å². The number of halogens is 2. The number of aliphatic hydroxyl groups excluding tert-OH is 2. The molecule has 0 saturated heterocycles. The molecule has 0 amide bonds. The molecule has 0 saturated carbocycles. The predicted molar refractivity (Wildman–Crippen MR) is 62.4 cm³/mol. The molecule has 1 aromatic rings. The molecular formula is C11H14Cl2O2. The second-order valence-corrected chi connectivity index (χ2v) is 4.22. The zero-order valence-electron chi connectivity index (χ0n) is 8.29. The van der Waals surface area contributed by atoms with Crippen molar-refractivity contribution < 1.29 is 10.2 Å². The highest BCUT2D eigenvalue weighted by Crippen LogP contribution is 2.27. The Kier molecular flexibility index (Phi) is 5.40. The largest absolute Gasteiger partial charge is 0.396 e. The average Bonchev–Trinajstić information content (AvgIpc) is 2.22.